The van der Waals surface area contributed by atoms with Crippen molar-refractivity contribution >= 4 is 33.0 Å². The number of ether oxygens (including phenoxy) is 1. The number of nitrogens with one attached hydrogen (secondary N) is 1. The van der Waals surface area contributed by atoms with E-state index in [2.05, 4.69) is 5.32 Å². The summed E-state index contributed by atoms with van der Waals surface area (Å²) in [4.78, 5) is 12.2. The molecule has 1 aliphatic rings. The molecule has 1 aliphatic heterocycles. The number of anilines is 1. The second kappa shape index (κ2) is 6.79. The quantitative estimate of drug-likeness (QED) is 0.913. The molecule has 0 bridgehead atoms. The lowest BCUT2D eigenvalue weighted by molar-refractivity contribution is 0.0730. The summed E-state index contributed by atoms with van der Waals surface area (Å²) in [6.07, 6.45) is 0. The van der Waals surface area contributed by atoms with Gasteiger partial charge in [0.25, 0.3) is 5.91 Å². The van der Waals surface area contributed by atoms with Crippen molar-refractivity contribution in [2.75, 3.05) is 31.6 Å². The molecule has 1 fully saturated rings. The molecule has 1 aromatic heterocycles. The van der Waals surface area contributed by atoms with Crippen molar-refractivity contribution in [1.82, 2.24) is 4.31 Å². The third-order valence-electron chi connectivity index (χ3n) is 3.50. The highest BCUT2D eigenvalue weighted by Gasteiger charge is 2.26. The highest BCUT2D eigenvalue weighted by Crippen LogP contribution is 2.20. The minimum atomic E-state index is -3.51. The average molecular weight is 352 g/mol. The lowest BCUT2D eigenvalue weighted by atomic mass is 10.3. The zero-order chi connectivity index (χ0) is 16.3. The van der Waals surface area contributed by atoms with Gasteiger partial charge in [0.15, 0.2) is 0 Å². The molecule has 23 heavy (non-hydrogen) atoms. The maximum atomic E-state index is 12.5. The van der Waals surface area contributed by atoms with Gasteiger partial charge in [0.2, 0.25) is 10.0 Å². The third-order valence-corrected chi connectivity index (χ3v) is 6.10. The molecule has 2 aromatic rings. The SMILES string of the molecule is O=C(Nc1ccc(S(=O)(=O)N2CCOCC2)cc1)c1ccsc1. The average Bonchev–Trinajstić information content (AvgIpc) is 3.11. The van der Waals surface area contributed by atoms with E-state index in [0.29, 0.717) is 37.6 Å². The molecule has 6 nitrogen and oxygen atoms in total. The number of morpholine rings is 1. The standard InChI is InChI=1S/C15H16N2O4S2/c18-15(12-5-10-22-11-12)16-13-1-3-14(4-2-13)23(19,20)17-6-8-21-9-7-17/h1-5,10-11H,6-9H2,(H,16,18). The molecule has 1 saturated heterocycles. The van der Waals surface area contributed by atoms with Crippen LogP contribution in [0.25, 0.3) is 0 Å². The van der Waals surface area contributed by atoms with Crippen LogP contribution >= 0.6 is 11.3 Å². The largest absolute Gasteiger partial charge is 0.379 e. The Morgan fingerprint density at radius 3 is 2.43 bits per heavy atom. The molecule has 0 radical (unpaired) electrons. The number of hydrogen-bond acceptors (Lipinski definition) is 5. The zero-order valence-corrected chi connectivity index (χ0v) is 13.9. The smallest absolute Gasteiger partial charge is 0.256 e. The fourth-order valence-electron chi connectivity index (χ4n) is 2.24. The Bertz CT molecular complexity index is 764. The van der Waals surface area contributed by atoms with Gasteiger partial charge in [-0.3, -0.25) is 4.79 Å². The minimum Gasteiger partial charge on any atom is -0.379 e. The van der Waals surface area contributed by atoms with Crippen molar-refractivity contribution in [3.8, 4) is 0 Å². The number of thiophene rings is 1. The molecule has 0 spiro atoms. The van der Waals surface area contributed by atoms with E-state index in [4.69, 9.17) is 4.74 Å². The molecule has 1 aromatic carbocycles. The summed E-state index contributed by atoms with van der Waals surface area (Å²) in [6, 6.07) is 7.94. The Kier molecular flexibility index (Phi) is 4.76. The van der Waals surface area contributed by atoms with Crippen molar-refractivity contribution < 1.29 is 17.9 Å². The third kappa shape index (κ3) is 3.61. The second-order valence-corrected chi connectivity index (χ2v) is 7.72. The zero-order valence-electron chi connectivity index (χ0n) is 12.3. The summed E-state index contributed by atoms with van der Waals surface area (Å²) >= 11 is 1.44. The Morgan fingerprint density at radius 2 is 1.83 bits per heavy atom. The van der Waals surface area contributed by atoms with Gasteiger partial charge in [0.05, 0.1) is 23.7 Å². The van der Waals surface area contributed by atoms with Crippen LogP contribution in [0, 0.1) is 0 Å². The lowest BCUT2D eigenvalue weighted by Crippen LogP contribution is -2.40. The minimum absolute atomic E-state index is 0.213. The normalized spacial score (nSPS) is 16.2. The number of rotatable bonds is 4. The summed E-state index contributed by atoms with van der Waals surface area (Å²) in [7, 11) is -3.51. The van der Waals surface area contributed by atoms with Gasteiger partial charge in [-0.1, -0.05) is 0 Å². The molecule has 122 valence electrons. The number of nitrogens with zero attached hydrogens (tertiary/aromatic N) is 1. The van der Waals surface area contributed by atoms with Crippen molar-refractivity contribution in [2.24, 2.45) is 0 Å². The van der Waals surface area contributed by atoms with Crippen molar-refractivity contribution in [3.63, 3.8) is 0 Å². The molecular weight excluding hydrogens is 336 g/mol. The van der Waals surface area contributed by atoms with E-state index in [-0.39, 0.29) is 10.8 Å². The van der Waals surface area contributed by atoms with E-state index in [1.807, 2.05) is 5.38 Å². The van der Waals surface area contributed by atoms with Crippen LogP contribution in [-0.4, -0.2) is 44.9 Å². The van der Waals surface area contributed by atoms with Crippen LogP contribution in [0.5, 0.6) is 0 Å². The van der Waals surface area contributed by atoms with E-state index < -0.39 is 10.0 Å². The second-order valence-electron chi connectivity index (χ2n) is 5.01. The summed E-state index contributed by atoms with van der Waals surface area (Å²) < 4.78 is 31.6. The molecule has 0 unspecified atom stereocenters. The van der Waals surface area contributed by atoms with E-state index in [1.165, 1.54) is 27.8 Å². The number of carbonyl (C=O) groups excluding carboxylic acids is 1. The Labute approximate surface area is 138 Å². The molecule has 1 amide bonds. The fraction of sp³-hybridized carbons (Fsp3) is 0.267. The van der Waals surface area contributed by atoms with Gasteiger partial charge in [-0.25, -0.2) is 8.42 Å². The van der Waals surface area contributed by atoms with Crippen molar-refractivity contribution in [2.45, 2.75) is 4.90 Å². The maximum Gasteiger partial charge on any atom is 0.256 e. The molecule has 0 aliphatic carbocycles. The first-order valence-corrected chi connectivity index (χ1v) is 9.47. The molecule has 3 rings (SSSR count). The molecule has 2 heterocycles. The summed E-state index contributed by atoms with van der Waals surface area (Å²) in [6.45, 7) is 1.54. The maximum absolute atomic E-state index is 12.5. The highest BCUT2D eigenvalue weighted by molar-refractivity contribution is 7.89. The van der Waals surface area contributed by atoms with E-state index >= 15 is 0 Å². The number of amides is 1. The summed E-state index contributed by atoms with van der Waals surface area (Å²) in [5, 5.41) is 6.32. The van der Waals surface area contributed by atoms with Gasteiger partial charge >= 0.3 is 0 Å². The van der Waals surface area contributed by atoms with E-state index in [9.17, 15) is 13.2 Å². The number of sulfonamides is 1. The van der Waals surface area contributed by atoms with Crippen molar-refractivity contribution in [3.05, 3.63) is 46.7 Å². The first-order valence-electron chi connectivity index (χ1n) is 7.09. The summed E-state index contributed by atoms with van der Waals surface area (Å²) in [5.74, 6) is -0.213. The van der Waals surface area contributed by atoms with Crippen LogP contribution in [0.3, 0.4) is 0 Å². The number of carbonyl (C=O) groups is 1. The van der Waals surface area contributed by atoms with Gasteiger partial charge in [-0.05, 0) is 35.7 Å². The van der Waals surface area contributed by atoms with Gasteiger partial charge < -0.3 is 10.1 Å². The molecule has 1 N–H and O–H groups in total. The number of benzene rings is 1. The van der Waals surface area contributed by atoms with Crippen LogP contribution in [0.2, 0.25) is 0 Å². The number of hydrogen-bond donors (Lipinski definition) is 1. The van der Waals surface area contributed by atoms with Crippen LogP contribution in [0.15, 0.2) is 46.0 Å². The molecule has 0 saturated carbocycles. The molecular formula is C15H16N2O4S2. The monoisotopic (exact) mass is 352 g/mol. The van der Waals surface area contributed by atoms with Crippen LogP contribution in [0.4, 0.5) is 5.69 Å². The lowest BCUT2D eigenvalue weighted by Gasteiger charge is -2.26. The predicted octanol–water partition coefficient (Wildman–Crippen LogP) is 2.02. The van der Waals surface area contributed by atoms with Gasteiger partial charge in [-0.15, -0.1) is 0 Å². The van der Waals surface area contributed by atoms with Gasteiger partial charge in [-0.2, -0.15) is 15.6 Å². The topological polar surface area (TPSA) is 75.7 Å². The molecule has 0 atom stereocenters. The van der Waals surface area contributed by atoms with E-state index in [1.54, 1.807) is 23.6 Å². The van der Waals surface area contributed by atoms with Gasteiger partial charge in [0.1, 0.15) is 0 Å². The Morgan fingerprint density at radius 1 is 1.13 bits per heavy atom. The van der Waals surface area contributed by atoms with E-state index in [0.717, 1.165) is 0 Å². The van der Waals surface area contributed by atoms with Crippen LogP contribution in [0.1, 0.15) is 10.4 Å². The van der Waals surface area contributed by atoms with Crippen LogP contribution < -0.4 is 5.32 Å². The highest BCUT2D eigenvalue weighted by atomic mass is 32.2. The molecule has 8 heteroatoms. The first-order chi connectivity index (χ1) is 11.1. The Balaban J connectivity index is 1.72. The predicted molar refractivity (Wildman–Crippen MR) is 88.3 cm³/mol. The van der Waals surface area contributed by atoms with Crippen molar-refractivity contribution in [1.29, 1.82) is 0 Å². The fourth-order valence-corrected chi connectivity index (χ4v) is 4.29. The van der Waals surface area contributed by atoms with Gasteiger partial charge in [0, 0.05) is 24.2 Å². The van der Waals surface area contributed by atoms with Crippen LogP contribution in [-0.2, 0) is 14.8 Å². The first kappa shape index (κ1) is 16.1. The summed E-state index contributed by atoms with van der Waals surface area (Å²) in [5.41, 5.74) is 1.14. The Hall–Kier alpha value is -1.74.